The van der Waals surface area contributed by atoms with Crippen LogP contribution in [0.15, 0.2) is 42.5 Å². The van der Waals surface area contributed by atoms with Crippen molar-refractivity contribution in [1.82, 2.24) is 0 Å². The molecule has 0 radical (unpaired) electrons. The van der Waals surface area contributed by atoms with Gasteiger partial charge in [0.1, 0.15) is 5.75 Å². The number of carbonyl (C=O) groups excluding carboxylic acids is 3. The molecule has 0 saturated carbocycles. The standard InChI is InChI=1S/C24H27N3O4/c1-3-31-22-9-5-4-8-21(22)27-15-18(14-23(27)29)24(30)25-19-10-11-20-17(13-19)7-6-12-26(20)16(2)28/h4-5,8-11,13,18H,3,6-7,12,14-15H2,1-2H3,(H,25,30). The van der Waals surface area contributed by atoms with Crippen molar-refractivity contribution in [2.75, 3.05) is 34.8 Å². The van der Waals surface area contributed by atoms with Gasteiger partial charge in [-0.25, -0.2) is 0 Å². The van der Waals surface area contributed by atoms with Crippen molar-refractivity contribution in [3.05, 3.63) is 48.0 Å². The van der Waals surface area contributed by atoms with Crippen LogP contribution in [-0.2, 0) is 20.8 Å². The van der Waals surface area contributed by atoms with Gasteiger partial charge in [0.2, 0.25) is 17.7 Å². The Morgan fingerprint density at radius 2 is 1.97 bits per heavy atom. The number of anilines is 3. The van der Waals surface area contributed by atoms with E-state index in [4.69, 9.17) is 4.74 Å². The first-order valence-corrected chi connectivity index (χ1v) is 10.7. The molecule has 0 bridgehead atoms. The van der Waals surface area contributed by atoms with E-state index in [1.54, 1.807) is 16.7 Å². The van der Waals surface area contributed by atoms with E-state index in [0.29, 0.717) is 30.3 Å². The van der Waals surface area contributed by atoms with Gasteiger partial charge < -0.3 is 19.9 Å². The predicted octanol–water partition coefficient (Wildman–Crippen LogP) is 3.38. The van der Waals surface area contributed by atoms with Crippen molar-refractivity contribution in [2.45, 2.75) is 33.1 Å². The fraction of sp³-hybridized carbons (Fsp3) is 0.375. The first-order valence-electron chi connectivity index (χ1n) is 10.7. The molecule has 1 fully saturated rings. The van der Waals surface area contributed by atoms with Crippen molar-refractivity contribution >= 4 is 34.8 Å². The largest absolute Gasteiger partial charge is 0.492 e. The fourth-order valence-electron chi connectivity index (χ4n) is 4.32. The van der Waals surface area contributed by atoms with Gasteiger partial charge in [-0.15, -0.1) is 0 Å². The lowest BCUT2D eigenvalue weighted by Gasteiger charge is -2.29. The normalized spacial score (nSPS) is 18.0. The highest BCUT2D eigenvalue weighted by atomic mass is 16.5. The number of ether oxygens (including phenoxy) is 1. The summed E-state index contributed by atoms with van der Waals surface area (Å²) in [5.41, 5.74) is 3.35. The zero-order valence-electron chi connectivity index (χ0n) is 17.9. The van der Waals surface area contributed by atoms with Gasteiger partial charge in [0.15, 0.2) is 0 Å². The quantitative estimate of drug-likeness (QED) is 0.803. The Hall–Kier alpha value is -3.35. The van der Waals surface area contributed by atoms with Gasteiger partial charge in [-0.3, -0.25) is 14.4 Å². The molecule has 2 aromatic rings. The third-order valence-electron chi connectivity index (χ3n) is 5.80. The highest BCUT2D eigenvalue weighted by Gasteiger charge is 2.36. The number of rotatable bonds is 5. The summed E-state index contributed by atoms with van der Waals surface area (Å²) in [5.74, 6) is -0.0375. The fourth-order valence-corrected chi connectivity index (χ4v) is 4.32. The number of para-hydroxylation sites is 2. The Kier molecular flexibility index (Phi) is 5.93. The number of amides is 3. The minimum atomic E-state index is -0.438. The zero-order valence-corrected chi connectivity index (χ0v) is 17.9. The lowest BCUT2D eigenvalue weighted by atomic mass is 10.0. The minimum absolute atomic E-state index is 0.0228. The van der Waals surface area contributed by atoms with Crippen LogP contribution >= 0.6 is 0 Å². The summed E-state index contributed by atoms with van der Waals surface area (Å²) in [6.45, 7) is 5.00. The molecule has 31 heavy (non-hydrogen) atoms. The zero-order chi connectivity index (χ0) is 22.0. The van der Waals surface area contributed by atoms with Crippen molar-refractivity contribution in [3.8, 4) is 5.75 Å². The van der Waals surface area contributed by atoms with Crippen LogP contribution in [0.4, 0.5) is 17.1 Å². The molecule has 1 atom stereocenters. The molecule has 1 unspecified atom stereocenters. The second-order valence-corrected chi connectivity index (χ2v) is 7.91. The number of carbonyl (C=O) groups is 3. The van der Waals surface area contributed by atoms with E-state index < -0.39 is 5.92 Å². The van der Waals surface area contributed by atoms with E-state index in [1.165, 1.54) is 0 Å². The van der Waals surface area contributed by atoms with Gasteiger partial charge in [0.25, 0.3) is 0 Å². The van der Waals surface area contributed by atoms with Gasteiger partial charge in [-0.1, -0.05) is 12.1 Å². The van der Waals surface area contributed by atoms with E-state index >= 15 is 0 Å². The minimum Gasteiger partial charge on any atom is -0.492 e. The third-order valence-corrected chi connectivity index (χ3v) is 5.80. The summed E-state index contributed by atoms with van der Waals surface area (Å²) in [6, 6.07) is 13.0. The van der Waals surface area contributed by atoms with Crippen molar-refractivity contribution in [2.24, 2.45) is 5.92 Å². The highest BCUT2D eigenvalue weighted by molar-refractivity contribution is 6.04. The Morgan fingerprint density at radius 3 is 2.74 bits per heavy atom. The number of hydrogen-bond donors (Lipinski definition) is 1. The number of benzene rings is 2. The summed E-state index contributed by atoms with van der Waals surface area (Å²) in [6.07, 6.45) is 1.93. The molecular weight excluding hydrogens is 394 g/mol. The smallest absolute Gasteiger partial charge is 0.229 e. The SMILES string of the molecule is CCOc1ccccc1N1CC(C(=O)Nc2ccc3c(c2)CCCN3C(C)=O)CC1=O. The molecule has 7 heteroatoms. The average molecular weight is 421 g/mol. The van der Waals surface area contributed by atoms with Crippen LogP contribution in [0.3, 0.4) is 0 Å². The molecule has 0 spiro atoms. The molecule has 2 aromatic carbocycles. The van der Waals surface area contributed by atoms with E-state index in [-0.39, 0.29) is 24.1 Å². The molecule has 3 amide bonds. The molecule has 1 saturated heterocycles. The van der Waals surface area contributed by atoms with Crippen LogP contribution in [-0.4, -0.2) is 37.4 Å². The molecule has 7 nitrogen and oxygen atoms in total. The average Bonchev–Trinajstić information content (AvgIpc) is 3.15. The molecule has 0 aliphatic carbocycles. The molecule has 0 aromatic heterocycles. The summed E-state index contributed by atoms with van der Waals surface area (Å²) in [4.78, 5) is 40.8. The Bertz CT molecular complexity index is 1020. The first kappa shape index (κ1) is 20.9. The van der Waals surface area contributed by atoms with Gasteiger partial charge in [0, 0.05) is 37.8 Å². The van der Waals surface area contributed by atoms with Gasteiger partial charge in [-0.2, -0.15) is 0 Å². The van der Waals surface area contributed by atoms with Gasteiger partial charge >= 0.3 is 0 Å². The second kappa shape index (κ2) is 8.79. The van der Waals surface area contributed by atoms with E-state index in [0.717, 1.165) is 30.6 Å². The lowest BCUT2D eigenvalue weighted by molar-refractivity contribution is -0.122. The van der Waals surface area contributed by atoms with Crippen LogP contribution < -0.4 is 19.9 Å². The first-order chi connectivity index (χ1) is 15.0. The Balaban J connectivity index is 1.47. The second-order valence-electron chi connectivity index (χ2n) is 7.91. The number of fused-ring (bicyclic) bond motifs is 1. The Labute approximate surface area is 182 Å². The monoisotopic (exact) mass is 421 g/mol. The van der Waals surface area contributed by atoms with Crippen molar-refractivity contribution in [1.29, 1.82) is 0 Å². The van der Waals surface area contributed by atoms with Crippen LogP contribution in [0.25, 0.3) is 0 Å². The summed E-state index contributed by atoms with van der Waals surface area (Å²) in [7, 11) is 0. The maximum atomic E-state index is 12.9. The maximum absolute atomic E-state index is 12.9. The molecule has 162 valence electrons. The summed E-state index contributed by atoms with van der Waals surface area (Å²) < 4.78 is 5.65. The molecule has 2 heterocycles. The molecule has 2 aliphatic heterocycles. The molecule has 1 N–H and O–H groups in total. The molecular formula is C24H27N3O4. The van der Waals surface area contributed by atoms with Crippen LogP contribution in [0, 0.1) is 5.92 Å². The van der Waals surface area contributed by atoms with Gasteiger partial charge in [0.05, 0.1) is 18.2 Å². The maximum Gasteiger partial charge on any atom is 0.229 e. The van der Waals surface area contributed by atoms with Crippen LogP contribution in [0.5, 0.6) is 5.75 Å². The van der Waals surface area contributed by atoms with Crippen molar-refractivity contribution in [3.63, 3.8) is 0 Å². The topological polar surface area (TPSA) is 79.0 Å². The number of hydrogen-bond acceptors (Lipinski definition) is 4. The molecule has 4 rings (SSSR count). The van der Waals surface area contributed by atoms with Crippen molar-refractivity contribution < 1.29 is 19.1 Å². The van der Waals surface area contributed by atoms with E-state index in [1.807, 2.05) is 49.4 Å². The van der Waals surface area contributed by atoms with E-state index in [2.05, 4.69) is 5.32 Å². The Morgan fingerprint density at radius 1 is 1.16 bits per heavy atom. The van der Waals surface area contributed by atoms with Crippen LogP contribution in [0.1, 0.15) is 32.3 Å². The number of nitrogens with zero attached hydrogens (tertiary/aromatic N) is 2. The summed E-state index contributed by atoms with van der Waals surface area (Å²) in [5, 5.41) is 2.96. The lowest BCUT2D eigenvalue weighted by Crippen LogP contribution is -2.33. The molecule has 2 aliphatic rings. The van der Waals surface area contributed by atoms with Gasteiger partial charge in [-0.05, 0) is 55.7 Å². The summed E-state index contributed by atoms with van der Waals surface area (Å²) >= 11 is 0. The highest BCUT2D eigenvalue weighted by Crippen LogP contribution is 2.34. The number of aryl methyl sites for hydroxylation is 1. The van der Waals surface area contributed by atoms with Crippen LogP contribution in [0.2, 0.25) is 0 Å². The predicted molar refractivity (Wildman–Crippen MR) is 119 cm³/mol. The third kappa shape index (κ3) is 4.26. The van der Waals surface area contributed by atoms with E-state index in [9.17, 15) is 14.4 Å². The number of nitrogens with one attached hydrogen (secondary N) is 1.